The van der Waals surface area contributed by atoms with Gasteiger partial charge in [0.15, 0.2) is 17.4 Å². The Balaban J connectivity index is 0.00000196. The molecule has 2 N–H and O–H groups in total. The van der Waals surface area contributed by atoms with Crippen molar-refractivity contribution in [2.75, 3.05) is 7.11 Å². The summed E-state index contributed by atoms with van der Waals surface area (Å²) in [5.74, 6) is 1.78. The van der Waals surface area contributed by atoms with Crippen LogP contribution in [0.5, 0.6) is 5.75 Å². The van der Waals surface area contributed by atoms with Gasteiger partial charge in [-0.3, -0.25) is 4.84 Å². The summed E-state index contributed by atoms with van der Waals surface area (Å²) in [5.41, 5.74) is -0.509. The third-order valence-corrected chi connectivity index (χ3v) is 1.65. The summed E-state index contributed by atoms with van der Waals surface area (Å²) >= 11 is 0. The Morgan fingerprint density at radius 1 is 1.33 bits per heavy atom. The molecule has 3 nitrogen and oxygen atoms in total. The molecule has 0 aliphatic rings. The van der Waals surface area contributed by atoms with Crippen molar-refractivity contribution in [1.82, 2.24) is 0 Å². The van der Waals surface area contributed by atoms with E-state index in [0.717, 1.165) is 19.2 Å². The predicted octanol–water partition coefficient (Wildman–Crippen LogP) is 2.25. The molecule has 0 saturated carbocycles. The maximum Gasteiger partial charge on any atom is 0.245 e. The fraction of sp³-hybridized carbons (Fsp3) is 0.250. The summed E-state index contributed by atoms with van der Waals surface area (Å²) in [4.78, 5) is 3.77. The molecule has 15 heavy (non-hydrogen) atoms. The van der Waals surface area contributed by atoms with Gasteiger partial charge in [0.25, 0.3) is 0 Å². The molecule has 1 atom stereocenters. The number of hydrogen-bond donors (Lipinski definition) is 1. The lowest BCUT2D eigenvalue weighted by molar-refractivity contribution is -0.0455. The number of rotatable bonds is 3. The van der Waals surface area contributed by atoms with Crippen molar-refractivity contribution < 1.29 is 22.7 Å². The van der Waals surface area contributed by atoms with Gasteiger partial charge in [-0.05, 0) is 12.1 Å². The zero-order valence-electron chi connectivity index (χ0n) is 7.67. The fourth-order valence-electron chi connectivity index (χ4n) is 0.983. The Kier molecular flexibility index (Phi) is 5.41. The van der Waals surface area contributed by atoms with Crippen LogP contribution < -0.4 is 10.6 Å². The average Bonchev–Trinajstić information content (AvgIpc) is 2.18. The number of halogens is 4. The van der Waals surface area contributed by atoms with E-state index in [4.69, 9.17) is 0 Å². The largest absolute Gasteiger partial charge is 0.491 e. The zero-order valence-corrected chi connectivity index (χ0v) is 8.48. The summed E-state index contributed by atoms with van der Waals surface area (Å²) in [6.45, 7) is 0. The highest BCUT2D eigenvalue weighted by molar-refractivity contribution is 5.85. The summed E-state index contributed by atoms with van der Waals surface area (Å²) in [6.07, 6.45) is -2.15. The minimum atomic E-state index is -2.15. The highest BCUT2D eigenvalue weighted by Crippen LogP contribution is 2.29. The van der Waals surface area contributed by atoms with Crippen LogP contribution in [0.1, 0.15) is 11.9 Å². The Morgan fingerprint density at radius 3 is 2.40 bits per heavy atom. The molecule has 1 aromatic carbocycles. The molecule has 0 fully saturated rings. The van der Waals surface area contributed by atoms with Crippen molar-refractivity contribution in [2.45, 2.75) is 6.36 Å². The lowest BCUT2D eigenvalue weighted by atomic mass is 10.2. The third-order valence-electron chi connectivity index (χ3n) is 1.65. The molecule has 0 aliphatic carbocycles. The summed E-state index contributed by atoms with van der Waals surface area (Å²) < 4.78 is 43.3. The summed E-state index contributed by atoms with van der Waals surface area (Å²) in [5, 5.41) is 0. The van der Waals surface area contributed by atoms with Gasteiger partial charge in [-0.15, -0.1) is 12.4 Å². The molecule has 0 spiro atoms. The van der Waals surface area contributed by atoms with Crippen molar-refractivity contribution >= 4 is 12.4 Å². The predicted molar refractivity (Wildman–Crippen MR) is 49.3 cm³/mol. The molecule has 7 heteroatoms. The minimum Gasteiger partial charge on any atom is -0.491 e. The second-order valence-corrected chi connectivity index (χ2v) is 2.44. The van der Waals surface area contributed by atoms with Crippen LogP contribution in [0.3, 0.4) is 0 Å². The van der Waals surface area contributed by atoms with Crippen molar-refractivity contribution in [3.8, 4) is 5.75 Å². The number of nitrogens with two attached hydrogens (primary N) is 1. The van der Waals surface area contributed by atoms with Gasteiger partial charge in [-0.2, -0.15) is 0 Å². The van der Waals surface area contributed by atoms with E-state index in [-0.39, 0.29) is 12.4 Å². The van der Waals surface area contributed by atoms with Gasteiger partial charge >= 0.3 is 0 Å². The smallest absolute Gasteiger partial charge is 0.245 e. The Hall–Kier alpha value is -0.980. The van der Waals surface area contributed by atoms with Crippen molar-refractivity contribution in [2.24, 2.45) is 5.90 Å². The maximum absolute atomic E-state index is 13.2. The normalized spacial score (nSPS) is 11.8. The lowest BCUT2D eigenvalue weighted by Gasteiger charge is -2.10. The minimum absolute atomic E-state index is 0. The van der Waals surface area contributed by atoms with E-state index in [1.807, 2.05) is 0 Å². The number of hydrogen-bond acceptors (Lipinski definition) is 3. The second-order valence-electron chi connectivity index (χ2n) is 2.44. The molecule has 0 saturated heterocycles. The third kappa shape index (κ3) is 2.74. The van der Waals surface area contributed by atoms with Crippen LogP contribution >= 0.6 is 12.4 Å². The molecular formula is C8H9ClF3NO2. The quantitative estimate of drug-likeness (QED) is 0.828. The second kappa shape index (κ2) is 5.79. The van der Waals surface area contributed by atoms with Crippen LogP contribution in [0.15, 0.2) is 12.1 Å². The van der Waals surface area contributed by atoms with Crippen LogP contribution in [0.4, 0.5) is 13.2 Å². The molecule has 0 aromatic heterocycles. The standard InChI is InChI=1S/C8H8F3NO2.ClH/c1-13-7-5(9)3-2-4(6(7)10)8(11)14-12;/h2-3,8H,12H2,1H3;1H. The first-order valence-corrected chi connectivity index (χ1v) is 3.63. The molecule has 0 radical (unpaired) electrons. The molecule has 0 heterocycles. The zero-order chi connectivity index (χ0) is 10.7. The van der Waals surface area contributed by atoms with Crippen molar-refractivity contribution in [3.63, 3.8) is 0 Å². The first-order valence-electron chi connectivity index (χ1n) is 3.63. The van der Waals surface area contributed by atoms with Crippen LogP contribution in [0.2, 0.25) is 0 Å². The van der Waals surface area contributed by atoms with E-state index in [9.17, 15) is 13.2 Å². The first kappa shape index (κ1) is 14.0. The Morgan fingerprint density at radius 2 is 1.93 bits per heavy atom. The molecular weight excluding hydrogens is 235 g/mol. The van der Waals surface area contributed by atoms with Gasteiger partial charge in [0.05, 0.1) is 12.7 Å². The van der Waals surface area contributed by atoms with Gasteiger partial charge < -0.3 is 4.74 Å². The maximum atomic E-state index is 13.2. The van der Waals surface area contributed by atoms with Crippen LogP contribution in [0.25, 0.3) is 0 Å². The highest BCUT2D eigenvalue weighted by atomic mass is 35.5. The van der Waals surface area contributed by atoms with Gasteiger partial charge in [0.2, 0.25) is 6.36 Å². The van der Waals surface area contributed by atoms with Crippen LogP contribution in [0, 0.1) is 11.6 Å². The average molecular weight is 244 g/mol. The molecule has 1 rings (SSSR count). The topological polar surface area (TPSA) is 44.5 Å². The van der Waals surface area contributed by atoms with E-state index in [2.05, 4.69) is 15.5 Å². The molecule has 0 amide bonds. The number of alkyl halides is 1. The molecule has 1 unspecified atom stereocenters. The van der Waals surface area contributed by atoms with Crippen molar-refractivity contribution in [1.29, 1.82) is 0 Å². The first-order chi connectivity index (χ1) is 6.61. The van der Waals surface area contributed by atoms with Gasteiger partial charge in [-0.25, -0.2) is 19.1 Å². The molecule has 0 aliphatic heterocycles. The monoisotopic (exact) mass is 243 g/mol. The van der Waals surface area contributed by atoms with E-state index >= 15 is 0 Å². The summed E-state index contributed by atoms with van der Waals surface area (Å²) in [7, 11) is 1.07. The van der Waals surface area contributed by atoms with Crippen molar-refractivity contribution in [3.05, 3.63) is 29.3 Å². The van der Waals surface area contributed by atoms with Gasteiger partial charge in [0.1, 0.15) is 0 Å². The highest BCUT2D eigenvalue weighted by Gasteiger charge is 2.20. The van der Waals surface area contributed by atoms with Crippen LogP contribution in [-0.2, 0) is 4.84 Å². The van der Waals surface area contributed by atoms with Gasteiger partial charge in [-0.1, -0.05) is 0 Å². The summed E-state index contributed by atoms with van der Waals surface area (Å²) in [6, 6.07) is 1.76. The van der Waals surface area contributed by atoms with E-state index in [1.54, 1.807) is 0 Å². The number of methoxy groups -OCH3 is 1. The molecule has 86 valence electrons. The number of ether oxygens (including phenoxy) is 1. The SMILES string of the molecule is COc1c(F)ccc(C(F)ON)c1F.Cl. The fourth-order valence-corrected chi connectivity index (χ4v) is 0.983. The van der Waals surface area contributed by atoms with E-state index < -0.39 is 29.3 Å². The van der Waals surface area contributed by atoms with Crippen LogP contribution in [-0.4, -0.2) is 7.11 Å². The van der Waals surface area contributed by atoms with E-state index in [1.165, 1.54) is 0 Å². The lowest BCUT2D eigenvalue weighted by Crippen LogP contribution is -2.07. The molecule has 0 bridgehead atoms. The Labute approximate surface area is 90.3 Å². The van der Waals surface area contributed by atoms with Gasteiger partial charge in [0, 0.05) is 0 Å². The van der Waals surface area contributed by atoms with E-state index in [0.29, 0.717) is 0 Å². The number of benzene rings is 1. The Bertz CT molecular complexity index is 338. The molecule has 1 aromatic rings.